The Kier molecular flexibility index (Phi) is 6.06. The van der Waals surface area contributed by atoms with Crippen LogP contribution in [0.5, 0.6) is 0 Å². The lowest BCUT2D eigenvalue weighted by Crippen LogP contribution is -2.39. The monoisotopic (exact) mass is 242 g/mol. The van der Waals surface area contributed by atoms with Crippen LogP contribution in [0.25, 0.3) is 0 Å². The summed E-state index contributed by atoms with van der Waals surface area (Å²) in [6.45, 7) is 23.8. The van der Waals surface area contributed by atoms with E-state index in [1.54, 1.807) is 0 Å². The standard InChI is InChI=1S/C16H34.CH4/c1-13(2,3)11-16(10,15(7,8)9)12-14(4,5)6;/h11-12H2,1-10H3;1H4. The average molecular weight is 242 g/mol. The first-order chi connectivity index (χ1) is 6.66. The molecule has 0 saturated heterocycles. The summed E-state index contributed by atoms with van der Waals surface area (Å²) in [5, 5.41) is 0. The Morgan fingerprint density at radius 1 is 0.529 bits per heavy atom. The molecule has 0 amide bonds. The minimum atomic E-state index is 0. The topological polar surface area (TPSA) is 0 Å². The van der Waals surface area contributed by atoms with Crippen molar-refractivity contribution < 1.29 is 0 Å². The molecule has 0 nitrogen and oxygen atoms in total. The molecule has 0 aromatic carbocycles. The fraction of sp³-hybridized carbons (Fsp3) is 1.00. The molecule has 0 saturated carbocycles. The van der Waals surface area contributed by atoms with Gasteiger partial charge in [-0.25, -0.2) is 0 Å². The summed E-state index contributed by atoms with van der Waals surface area (Å²) in [7, 11) is 0. The Labute approximate surface area is 112 Å². The van der Waals surface area contributed by atoms with Crippen molar-refractivity contribution in [1.82, 2.24) is 0 Å². The average Bonchev–Trinajstić information content (AvgIpc) is 1.72. The molecule has 0 aliphatic carbocycles. The van der Waals surface area contributed by atoms with Gasteiger partial charge in [0.2, 0.25) is 0 Å². The van der Waals surface area contributed by atoms with Gasteiger partial charge in [-0.2, -0.15) is 0 Å². The molecule has 0 atom stereocenters. The van der Waals surface area contributed by atoms with Gasteiger partial charge in [0.05, 0.1) is 0 Å². The van der Waals surface area contributed by atoms with E-state index < -0.39 is 0 Å². The Morgan fingerprint density at radius 2 is 0.765 bits per heavy atom. The van der Waals surface area contributed by atoms with E-state index in [9.17, 15) is 0 Å². The van der Waals surface area contributed by atoms with Crippen molar-refractivity contribution in [2.24, 2.45) is 21.7 Å². The van der Waals surface area contributed by atoms with Crippen molar-refractivity contribution in [3.8, 4) is 0 Å². The van der Waals surface area contributed by atoms with Crippen molar-refractivity contribution in [2.45, 2.75) is 89.5 Å². The maximum Gasteiger partial charge on any atom is -0.0267 e. The second-order valence-corrected chi connectivity index (χ2v) is 9.29. The van der Waals surface area contributed by atoms with Gasteiger partial charge in [-0.05, 0) is 34.5 Å². The van der Waals surface area contributed by atoms with Crippen molar-refractivity contribution in [1.29, 1.82) is 0 Å². The lowest BCUT2D eigenvalue weighted by atomic mass is 9.56. The van der Waals surface area contributed by atoms with Crippen molar-refractivity contribution in [3.05, 3.63) is 0 Å². The highest BCUT2D eigenvalue weighted by Gasteiger charge is 2.42. The van der Waals surface area contributed by atoms with E-state index >= 15 is 0 Å². The summed E-state index contributed by atoms with van der Waals surface area (Å²) in [6, 6.07) is 0. The van der Waals surface area contributed by atoms with Crippen LogP contribution >= 0.6 is 0 Å². The van der Waals surface area contributed by atoms with E-state index in [0.29, 0.717) is 21.7 Å². The zero-order chi connectivity index (χ0) is 13.4. The Morgan fingerprint density at radius 3 is 0.882 bits per heavy atom. The number of rotatable bonds is 2. The van der Waals surface area contributed by atoms with Gasteiger partial charge in [-0.15, -0.1) is 0 Å². The second kappa shape index (κ2) is 5.33. The summed E-state index contributed by atoms with van der Waals surface area (Å²) in [6.07, 6.45) is 2.58. The van der Waals surface area contributed by atoms with Crippen LogP contribution in [-0.4, -0.2) is 0 Å². The third kappa shape index (κ3) is 7.11. The van der Waals surface area contributed by atoms with Crippen molar-refractivity contribution >= 4 is 0 Å². The molecule has 0 aromatic heterocycles. The number of hydrogen-bond acceptors (Lipinski definition) is 0. The molecule has 17 heavy (non-hydrogen) atoms. The molecule has 0 radical (unpaired) electrons. The van der Waals surface area contributed by atoms with Gasteiger partial charge < -0.3 is 0 Å². The van der Waals surface area contributed by atoms with Crippen LogP contribution < -0.4 is 0 Å². The molecule has 0 fully saturated rings. The third-order valence-corrected chi connectivity index (χ3v) is 3.65. The molecule has 0 aromatic rings. The van der Waals surface area contributed by atoms with Crippen LogP contribution in [0, 0.1) is 21.7 Å². The first-order valence-electron chi connectivity index (χ1n) is 6.66. The van der Waals surface area contributed by atoms with Crippen LogP contribution in [-0.2, 0) is 0 Å². The molecule has 0 unspecified atom stereocenters. The van der Waals surface area contributed by atoms with Crippen LogP contribution in [0.2, 0.25) is 0 Å². The van der Waals surface area contributed by atoms with E-state index in [0.717, 1.165) is 0 Å². The van der Waals surface area contributed by atoms with Gasteiger partial charge in [0.25, 0.3) is 0 Å². The summed E-state index contributed by atoms with van der Waals surface area (Å²) in [5.41, 5.74) is 1.59. The summed E-state index contributed by atoms with van der Waals surface area (Å²) in [4.78, 5) is 0. The van der Waals surface area contributed by atoms with Crippen LogP contribution in [0.15, 0.2) is 0 Å². The molecule has 0 N–H and O–H groups in total. The van der Waals surface area contributed by atoms with E-state index in [1.165, 1.54) is 12.8 Å². The lowest BCUT2D eigenvalue weighted by molar-refractivity contribution is 0.0134. The molecular formula is C17H38. The maximum atomic E-state index is 2.48. The van der Waals surface area contributed by atoms with Gasteiger partial charge >= 0.3 is 0 Å². The third-order valence-electron chi connectivity index (χ3n) is 3.65. The number of hydrogen-bond donors (Lipinski definition) is 0. The van der Waals surface area contributed by atoms with Crippen molar-refractivity contribution in [2.75, 3.05) is 0 Å². The summed E-state index contributed by atoms with van der Waals surface area (Å²) < 4.78 is 0. The largest absolute Gasteiger partial charge is 0.0776 e. The molecule has 0 heteroatoms. The zero-order valence-corrected chi connectivity index (χ0v) is 13.4. The highest BCUT2D eigenvalue weighted by molar-refractivity contribution is 4.92. The zero-order valence-electron chi connectivity index (χ0n) is 13.4. The molecule has 0 aliphatic heterocycles. The van der Waals surface area contributed by atoms with Gasteiger partial charge in [0.1, 0.15) is 0 Å². The van der Waals surface area contributed by atoms with Crippen LogP contribution in [0.3, 0.4) is 0 Å². The van der Waals surface area contributed by atoms with Crippen LogP contribution in [0.4, 0.5) is 0 Å². The normalized spacial score (nSPS) is 14.5. The molecule has 0 heterocycles. The Bertz CT molecular complexity index is 198. The molecule has 106 valence electrons. The SMILES string of the molecule is C.CC(C)(C)CC(C)(CC(C)(C)C)C(C)(C)C. The highest BCUT2D eigenvalue weighted by Crippen LogP contribution is 2.52. The Hall–Kier alpha value is 0. The molecule has 0 rings (SSSR count). The van der Waals surface area contributed by atoms with E-state index in [-0.39, 0.29) is 7.43 Å². The van der Waals surface area contributed by atoms with Crippen LogP contribution in [0.1, 0.15) is 89.5 Å². The fourth-order valence-electron chi connectivity index (χ4n) is 2.93. The second-order valence-electron chi connectivity index (χ2n) is 9.29. The summed E-state index contributed by atoms with van der Waals surface area (Å²) in [5.74, 6) is 0. The minimum absolute atomic E-state index is 0. The van der Waals surface area contributed by atoms with E-state index in [1.807, 2.05) is 0 Å². The molecule has 0 aliphatic rings. The Balaban J connectivity index is 0. The quantitative estimate of drug-likeness (QED) is 0.515. The first kappa shape index (κ1) is 19.3. The minimum Gasteiger partial charge on any atom is -0.0776 e. The predicted molar refractivity (Wildman–Crippen MR) is 82.4 cm³/mol. The first-order valence-corrected chi connectivity index (χ1v) is 6.66. The van der Waals surface area contributed by atoms with E-state index in [4.69, 9.17) is 0 Å². The van der Waals surface area contributed by atoms with Gasteiger partial charge in [-0.3, -0.25) is 0 Å². The van der Waals surface area contributed by atoms with Gasteiger partial charge in [0, 0.05) is 0 Å². The predicted octanol–water partition coefficient (Wildman–Crippen LogP) is 6.55. The summed E-state index contributed by atoms with van der Waals surface area (Å²) >= 11 is 0. The lowest BCUT2D eigenvalue weighted by Gasteiger charge is -2.49. The maximum absolute atomic E-state index is 2.48. The van der Waals surface area contributed by atoms with Gasteiger partial charge in [0.15, 0.2) is 0 Å². The molecule has 0 spiro atoms. The highest BCUT2D eigenvalue weighted by atomic mass is 14.5. The molecular weight excluding hydrogens is 204 g/mol. The molecule has 0 bridgehead atoms. The van der Waals surface area contributed by atoms with E-state index in [2.05, 4.69) is 69.2 Å². The smallest absolute Gasteiger partial charge is 0.0267 e. The van der Waals surface area contributed by atoms with Gasteiger partial charge in [-0.1, -0.05) is 76.7 Å². The fourth-order valence-corrected chi connectivity index (χ4v) is 2.93. The van der Waals surface area contributed by atoms with Crippen molar-refractivity contribution in [3.63, 3.8) is 0 Å².